The predicted molar refractivity (Wildman–Crippen MR) is 44.7 cm³/mol. The summed E-state index contributed by atoms with van der Waals surface area (Å²) in [6.07, 6.45) is 0. The van der Waals surface area contributed by atoms with Crippen molar-refractivity contribution in [2.24, 2.45) is 0 Å². The van der Waals surface area contributed by atoms with Crippen LogP contribution in [-0.2, 0) is 0 Å². The minimum atomic E-state index is 0.931. The molecule has 2 heterocycles. The van der Waals surface area contributed by atoms with Gasteiger partial charge in [0.05, 0.1) is 17.4 Å². The highest BCUT2D eigenvalue weighted by molar-refractivity contribution is 7.00. The van der Waals surface area contributed by atoms with Gasteiger partial charge in [0.1, 0.15) is 11.0 Å². The highest BCUT2D eigenvalue weighted by Gasteiger charge is 2.02. The van der Waals surface area contributed by atoms with Crippen LogP contribution in [0.25, 0.3) is 11.0 Å². The lowest BCUT2D eigenvalue weighted by Gasteiger charge is -1.93. The Morgan fingerprint density at radius 1 is 1.27 bits per heavy atom. The Labute approximate surface area is 68.4 Å². The molecule has 0 fully saturated rings. The third-order valence-electron chi connectivity index (χ3n) is 1.55. The Bertz CT molecular complexity index is 393. The van der Waals surface area contributed by atoms with Gasteiger partial charge in [-0.1, -0.05) is 0 Å². The van der Waals surface area contributed by atoms with Gasteiger partial charge in [0.2, 0.25) is 0 Å². The van der Waals surface area contributed by atoms with Crippen LogP contribution in [0, 0.1) is 13.8 Å². The first kappa shape index (κ1) is 6.67. The van der Waals surface area contributed by atoms with E-state index >= 15 is 0 Å². The first-order valence-electron chi connectivity index (χ1n) is 3.34. The summed E-state index contributed by atoms with van der Waals surface area (Å²) in [4.78, 5) is 4.28. The highest BCUT2D eigenvalue weighted by Crippen LogP contribution is 2.14. The van der Waals surface area contributed by atoms with Gasteiger partial charge in [0, 0.05) is 5.69 Å². The summed E-state index contributed by atoms with van der Waals surface area (Å²) >= 11 is 1.24. The molecule has 0 saturated carbocycles. The summed E-state index contributed by atoms with van der Waals surface area (Å²) in [5.41, 5.74) is 3.86. The Balaban J connectivity index is 2.91. The quantitative estimate of drug-likeness (QED) is 0.596. The normalized spacial score (nSPS) is 10.7. The average Bonchev–Trinajstić information content (AvgIpc) is 2.34. The lowest BCUT2D eigenvalue weighted by Crippen LogP contribution is -1.86. The summed E-state index contributed by atoms with van der Waals surface area (Å²) in [5.74, 6) is 0. The largest absolute Gasteiger partial charge is 0.256 e. The third kappa shape index (κ3) is 0.991. The lowest BCUT2D eigenvalue weighted by molar-refractivity contribution is 1.14. The van der Waals surface area contributed by atoms with Crippen LogP contribution < -0.4 is 0 Å². The number of rotatable bonds is 0. The van der Waals surface area contributed by atoms with E-state index < -0.39 is 0 Å². The maximum absolute atomic E-state index is 4.28. The van der Waals surface area contributed by atoms with Crippen LogP contribution in [0.4, 0.5) is 0 Å². The van der Waals surface area contributed by atoms with Crippen LogP contribution in [0.2, 0.25) is 0 Å². The number of hydrogen-bond donors (Lipinski definition) is 0. The number of aryl methyl sites for hydroxylation is 2. The number of aromatic nitrogens is 3. The molecule has 0 spiro atoms. The molecule has 0 N–H and O–H groups in total. The van der Waals surface area contributed by atoms with E-state index in [1.54, 1.807) is 0 Å². The smallest absolute Gasteiger partial charge is 0.126 e. The molecule has 3 nitrogen and oxygen atoms in total. The van der Waals surface area contributed by atoms with E-state index in [0.29, 0.717) is 0 Å². The lowest BCUT2D eigenvalue weighted by atomic mass is 10.3. The minimum absolute atomic E-state index is 0.931. The zero-order valence-corrected chi connectivity index (χ0v) is 7.14. The van der Waals surface area contributed by atoms with Gasteiger partial charge in [0.25, 0.3) is 0 Å². The second-order valence-electron chi connectivity index (χ2n) is 2.48. The SMILES string of the molecule is Cc1cc2nsnc2c(C)n1. The fourth-order valence-electron chi connectivity index (χ4n) is 1.09. The molecule has 2 aromatic heterocycles. The topological polar surface area (TPSA) is 38.7 Å². The van der Waals surface area contributed by atoms with Crippen molar-refractivity contribution in [2.45, 2.75) is 13.8 Å². The van der Waals surface area contributed by atoms with Crippen molar-refractivity contribution in [1.82, 2.24) is 13.7 Å². The van der Waals surface area contributed by atoms with Crippen molar-refractivity contribution in [3.63, 3.8) is 0 Å². The van der Waals surface area contributed by atoms with E-state index in [1.807, 2.05) is 19.9 Å². The van der Waals surface area contributed by atoms with Crippen molar-refractivity contribution >= 4 is 22.8 Å². The number of pyridine rings is 1. The van der Waals surface area contributed by atoms with E-state index in [0.717, 1.165) is 22.4 Å². The summed E-state index contributed by atoms with van der Waals surface area (Å²) in [7, 11) is 0. The van der Waals surface area contributed by atoms with Crippen LogP contribution in [-0.4, -0.2) is 13.7 Å². The molecule has 0 saturated heterocycles. The molecule has 56 valence electrons. The second kappa shape index (κ2) is 2.23. The average molecular weight is 165 g/mol. The summed E-state index contributed by atoms with van der Waals surface area (Å²) in [6.45, 7) is 3.92. The van der Waals surface area contributed by atoms with Gasteiger partial charge in [-0.3, -0.25) is 4.98 Å². The molecular weight excluding hydrogens is 158 g/mol. The van der Waals surface area contributed by atoms with E-state index in [-0.39, 0.29) is 0 Å². The molecule has 0 bridgehead atoms. The monoisotopic (exact) mass is 165 g/mol. The fraction of sp³-hybridized carbons (Fsp3) is 0.286. The van der Waals surface area contributed by atoms with Crippen molar-refractivity contribution in [3.05, 3.63) is 17.5 Å². The van der Waals surface area contributed by atoms with Crippen molar-refractivity contribution < 1.29 is 0 Å². The molecule has 0 unspecified atom stereocenters. The Morgan fingerprint density at radius 2 is 2.09 bits per heavy atom. The summed E-state index contributed by atoms with van der Waals surface area (Å²) in [5, 5.41) is 0. The van der Waals surface area contributed by atoms with Gasteiger partial charge in [-0.15, -0.1) is 0 Å². The zero-order valence-electron chi connectivity index (χ0n) is 6.33. The molecule has 0 atom stereocenters. The first-order chi connectivity index (χ1) is 5.27. The maximum Gasteiger partial charge on any atom is 0.126 e. The molecule has 0 aliphatic rings. The van der Waals surface area contributed by atoms with E-state index in [4.69, 9.17) is 0 Å². The number of hydrogen-bond acceptors (Lipinski definition) is 4. The minimum Gasteiger partial charge on any atom is -0.256 e. The predicted octanol–water partition coefficient (Wildman–Crippen LogP) is 1.70. The molecule has 0 aliphatic heterocycles. The van der Waals surface area contributed by atoms with E-state index in [2.05, 4.69) is 13.7 Å². The molecule has 0 aliphatic carbocycles. The van der Waals surface area contributed by atoms with Crippen LogP contribution in [0.15, 0.2) is 6.07 Å². The Kier molecular flexibility index (Phi) is 1.35. The van der Waals surface area contributed by atoms with Crippen molar-refractivity contribution in [2.75, 3.05) is 0 Å². The summed E-state index contributed by atoms with van der Waals surface area (Å²) < 4.78 is 8.26. The van der Waals surface area contributed by atoms with E-state index in [9.17, 15) is 0 Å². The Hall–Kier alpha value is -1.03. The van der Waals surface area contributed by atoms with Crippen LogP contribution in [0.5, 0.6) is 0 Å². The standard InChI is InChI=1S/C7H7N3S/c1-4-3-6-7(5(2)8-4)10-11-9-6/h3H,1-2H3. The van der Waals surface area contributed by atoms with Crippen LogP contribution in [0.3, 0.4) is 0 Å². The van der Waals surface area contributed by atoms with Gasteiger partial charge in [-0.2, -0.15) is 8.75 Å². The van der Waals surface area contributed by atoms with E-state index in [1.165, 1.54) is 11.7 Å². The molecule has 11 heavy (non-hydrogen) atoms. The third-order valence-corrected chi connectivity index (χ3v) is 2.09. The van der Waals surface area contributed by atoms with Gasteiger partial charge in [-0.25, -0.2) is 0 Å². The Morgan fingerprint density at radius 3 is 2.91 bits per heavy atom. The molecule has 2 aromatic rings. The van der Waals surface area contributed by atoms with Gasteiger partial charge in [0.15, 0.2) is 0 Å². The summed E-state index contributed by atoms with van der Waals surface area (Å²) in [6, 6.07) is 1.95. The van der Waals surface area contributed by atoms with Gasteiger partial charge < -0.3 is 0 Å². The second-order valence-corrected chi connectivity index (χ2v) is 3.01. The van der Waals surface area contributed by atoms with Crippen LogP contribution in [0.1, 0.15) is 11.4 Å². The molecule has 2 rings (SSSR count). The zero-order chi connectivity index (χ0) is 7.84. The molecule has 0 radical (unpaired) electrons. The molecule has 0 aromatic carbocycles. The molecule has 0 amide bonds. The fourth-order valence-corrected chi connectivity index (χ4v) is 1.66. The number of nitrogens with zero attached hydrogens (tertiary/aromatic N) is 3. The van der Waals surface area contributed by atoms with Gasteiger partial charge >= 0.3 is 0 Å². The molecule has 4 heteroatoms. The maximum atomic E-state index is 4.28. The first-order valence-corrected chi connectivity index (χ1v) is 4.07. The van der Waals surface area contributed by atoms with Crippen molar-refractivity contribution in [1.29, 1.82) is 0 Å². The van der Waals surface area contributed by atoms with Crippen molar-refractivity contribution in [3.8, 4) is 0 Å². The molecular formula is C7H7N3S. The van der Waals surface area contributed by atoms with Crippen LogP contribution >= 0.6 is 11.7 Å². The highest BCUT2D eigenvalue weighted by atomic mass is 32.1. The number of fused-ring (bicyclic) bond motifs is 1. The van der Waals surface area contributed by atoms with Gasteiger partial charge in [-0.05, 0) is 19.9 Å².